The smallest absolute Gasteiger partial charge is 0.324 e. The van der Waals surface area contributed by atoms with E-state index in [1.165, 1.54) is 11.8 Å². The summed E-state index contributed by atoms with van der Waals surface area (Å²) < 4.78 is 35.7. The van der Waals surface area contributed by atoms with Gasteiger partial charge in [-0.3, -0.25) is 0 Å². The molecule has 0 heterocycles. The molecule has 0 aliphatic carbocycles. The van der Waals surface area contributed by atoms with Crippen LogP contribution in [0.1, 0.15) is 31.4 Å². The van der Waals surface area contributed by atoms with Crippen molar-refractivity contribution in [2.45, 2.75) is 36.9 Å². The highest BCUT2D eigenvalue weighted by atomic mass is 32.2. The van der Waals surface area contributed by atoms with Crippen molar-refractivity contribution >= 4 is 11.8 Å². The summed E-state index contributed by atoms with van der Waals surface area (Å²) in [5, 5.41) is 0. The first-order chi connectivity index (χ1) is 7.88. The second-order valence-electron chi connectivity index (χ2n) is 3.92. The molecule has 1 aromatic rings. The van der Waals surface area contributed by atoms with Gasteiger partial charge in [0, 0.05) is 17.4 Å². The molecule has 0 saturated carbocycles. The van der Waals surface area contributed by atoms with Crippen molar-refractivity contribution in [3.63, 3.8) is 0 Å². The lowest BCUT2D eigenvalue weighted by molar-refractivity contribution is -0.134. The number of nitrogens with two attached hydrogens (primary N) is 1. The van der Waals surface area contributed by atoms with E-state index in [0.717, 1.165) is 10.5 Å². The highest BCUT2D eigenvalue weighted by Gasteiger charge is 2.25. The third-order valence-electron chi connectivity index (χ3n) is 2.28. The molecule has 2 N–H and O–H groups in total. The maximum Gasteiger partial charge on any atom is 0.389 e. The second kappa shape index (κ2) is 6.31. The van der Waals surface area contributed by atoms with E-state index in [-0.39, 0.29) is 12.5 Å². The average Bonchev–Trinajstić information content (AvgIpc) is 2.24. The topological polar surface area (TPSA) is 26.0 Å². The minimum atomic E-state index is -4.04. The van der Waals surface area contributed by atoms with Gasteiger partial charge in [0.15, 0.2) is 0 Å². The van der Waals surface area contributed by atoms with Gasteiger partial charge >= 0.3 is 6.18 Å². The van der Waals surface area contributed by atoms with E-state index in [9.17, 15) is 13.2 Å². The highest BCUT2D eigenvalue weighted by Crippen LogP contribution is 2.25. The van der Waals surface area contributed by atoms with Crippen LogP contribution in [0.5, 0.6) is 0 Å². The third-order valence-corrected chi connectivity index (χ3v) is 3.38. The summed E-state index contributed by atoms with van der Waals surface area (Å²) >= 11 is 1.44. The van der Waals surface area contributed by atoms with Crippen LogP contribution in [0.2, 0.25) is 0 Å². The number of hydrogen-bond acceptors (Lipinski definition) is 2. The summed E-state index contributed by atoms with van der Waals surface area (Å²) in [4.78, 5) is 0.983. The molecule has 0 spiro atoms. The van der Waals surface area contributed by atoms with E-state index < -0.39 is 12.6 Å². The van der Waals surface area contributed by atoms with Crippen molar-refractivity contribution in [2.24, 2.45) is 5.73 Å². The summed E-state index contributed by atoms with van der Waals surface area (Å²) in [7, 11) is 0. The number of rotatable bonds is 5. The Bertz CT molecular complexity index is 333. The maximum atomic E-state index is 11.9. The van der Waals surface area contributed by atoms with Crippen molar-refractivity contribution < 1.29 is 13.2 Å². The zero-order valence-corrected chi connectivity index (χ0v) is 10.4. The molecule has 1 rings (SSSR count). The van der Waals surface area contributed by atoms with Crippen LogP contribution in [0, 0.1) is 0 Å². The normalized spacial score (nSPS) is 13.7. The fourth-order valence-corrected chi connectivity index (χ4v) is 2.18. The van der Waals surface area contributed by atoms with Crippen LogP contribution in [0.25, 0.3) is 0 Å². The lowest BCUT2D eigenvalue weighted by Crippen LogP contribution is -2.06. The zero-order chi connectivity index (χ0) is 12.9. The zero-order valence-electron chi connectivity index (χ0n) is 9.63. The van der Waals surface area contributed by atoms with Crippen LogP contribution in [0.15, 0.2) is 29.2 Å². The summed E-state index contributed by atoms with van der Waals surface area (Å²) in [6.07, 6.45) is -4.60. The molecule has 0 radical (unpaired) electrons. The van der Waals surface area contributed by atoms with Crippen molar-refractivity contribution in [3.05, 3.63) is 29.8 Å². The van der Waals surface area contributed by atoms with E-state index in [0.29, 0.717) is 5.75 Å². The molecular formula is C12H16F3NS. The third kappa shape index (κ3) is 5.98. The van der Waals surface area contributed by atoms with Gasteiger partial charge in [-0.25, -0.2) is 0 Å². The SMILES string of the molecule is CC(N)c1ccc(SCCCC(F)(F)F)cc1. The Morgan fingerprint density at radius 1 is 1.24 bits per heavy atom. The summed E-state index contributed by atoms with van der Waals surface area (Å²) in [5.74, 6) is 0.483. The molecule has 0 fully saturated rings. The van der Waals surface area contributed by atoms with Crippen LogP contribution < -0.4 is 5.73 Å². The van der Waals surface area contributed by atoms with Crippen molar-refractivity contribution in [1.29, 1.82) is 0 Å². The molecule has 17 heavy (non-hydrogen) atoms. The Morgan fingerprint density at radius 3 is 2.29 bits per heavy atom. The Kier molecular flexibility index (Phi) is 5.33. The Morgan fingerprint density at radius 2 is 1.82 bits per heavy atom. The molecule has 0 bridgehead atoms. The van der Waals surface area contributed by atoms with Crippen molar-refractivity contribution in [1.82, 2.24) is 0 Å². The fraction of sp³-hybridized carbons (Fsp3) is 0.500. The quantitative estimate of drug-likeness (QED) is 0.638. The Hall–Kier alpha value is -0.680. The maximum absolute atomic E-state index is 11.9. The molecular weight excluding hydrogens is 247 g/mol. The van der Waals surface area contributed by atoms with E-state index in [1.54, 1.807) is 0 Å². The molecule has 1 unspecified atom stereocenters. The molecule has 0 saturated heterocycles. The largest absolute Gasteiger partial charge is 0.389 e. The molecule has 0 aliphatic heterocycles. The Labute approximate surface area is 104 Å². The predicted octanol–water partition coefficient (Wildman–Crippen LogP) is 4.14. The molecule has 5 heteroatoms. The lowest BCUT2D eigenvalue weighted by atomic mass is 10.1. The van der Waals surface area contributed by atoms with Crippen LogP contribution in [0.4, 0.5) is 13.2 Å². The van der Waals surface area contributed by atoms with Crippen LogP contribution in [-0.2, 0) is 0 Å². The van der Waals surface area contributed by atoms with Gasteiger partial charge in [0.1, 0.15) is 0 Å². The molecule has 96 valence electrons. The first-order valence-corrected chi connectivity index (χ1v) is 6.42. The predicted molar refractivity (Wildman–Crippen MR) is 65.1 cm³/mol. The van der Waals surface area contributed by atoms with Crippen molar-refractivity contribution in [3.8, 4) is 0 Å². The van der Waals surface area contributed by atoms with E-state index in [1.807, 2.05) is 31.2 Å². The monoisotopic (exact) mass is 263 g/mol. The van der Waals surface area contributed by atoms with E-state index in [4.69, 9.17) is 5.73 Å². The summed E-state index contributed by atoms with van der Waals surface area (Å²) in [6, 6.07) is 7.61. The minimum absolute atomic E-state index is 0.0146. The Balaban J connectivity index is 2.33. The number of thioether (sulfide) groups is 1. The lowest BCUT2D eigenvalue weighted by Gasteiger charge is -2.07. The highest BCUT2D eigenvalue weighted by molar-refractivity contribution is 7.99. The number of alkyl halides is 3. The van der Waals surface area contributed by atoms with E-state index in [2.05, 4.69) is 0 Å². The number of halogens is 3. The first-order valence-electron chi connectivity index (χ1n) is 5.43. The van der Waals surface area contributed by atoms with Gasteiger partial charge in [-0.15, -0.1) is 11.8 Å². The van der Waals surface area contributed by atoms with Gasteiger partial charge in [-0.2, -0.15) is 13.2 Å². The van der Waals surface area contributed by atoms with Crippen molar-refractivity contribution in [2.75, 3.05) is 5.75 Å². The van der Waals surface area contributed by atoms with Gasteiger partial charge in [0.05, 0.1) is 0 Å². The fourth-order valence-electron chi connectivity index (χ4n) is 1.33. The molecule has 1 nitrogen and oxygen atoms in total. The average molecular weight is 263 g/mol. The summed E-state index contributed by atoms with van der Waals surface area (Å²) in [6.45, 7) is 1.89. The van der Waals surface area contributed by atoms with Gasteiger partial charge in [0.2, 0.25) is 0 Å². The molecule has 1 aromatic carbocycles. The van der Waals surface area contributed by atoms with E-state index >= 15 is 0 Å². The first kappa shape index (κ1) is 14.4. The molecule has 0 aromatic heterocycles. The van der Waals surface area contributed by atoms with Crippen LogP contribution in [0.3, 0.4) is 0 Å². The number of hydrogen-bond donors (Lipinski definition) is 1. The minimum Gasteiger partial charge on any atom is -0.324 e. The van der Waals surface area contributed by atoms with Crippen LogP contribution >= 0.6 is 11.8 Å². The molecule has 1 atom stereocenters. The van der Waals surface area contributed by atoms with Gasteiger partial charge in [0.25, 0.3) is 0 Å². The van der Waals surface area contributed by atoms with Crippen LogP contribution in [-0.4, -0.2) is 11.9 Å². The van der Waals surface area contributed by atoms with Gasteiger partial charge in [-0.1, -0.05) is 12.1 Å². The second-order valence-corrected chi connectivity index (χ2v) is 5.09. The summed E-state index contributed by atoms with van der Waals surface area (Å²) in [5.41, 5.74) is 6.73. The molecule has 0 amide bonds. The van der Waals surface area contributed by atoms with Gasteiger partial charge < -0.3 is 5.73 Å². The number of benzene rings is 1. The molecule has 0 aliphatic rings. The standard InChI is InChI=1S/C12H16F3NS/c1-9(16)10-3-5-11(6-4-10)17-8-2-7-12(13,14)15/h3-6,9H,2,7-8,16H2,1H3. The van der Waals surface area contributed by atoms with Gasteiger partial charge in [-0.05, 0) is 36.8 Å².